The van der Waals surface area contributed by atoms with Gasteiger partial charge >= 0.3 is 0 Å². The van der Waals surface area contributed by atoms with E-state index in [1.54, 1.807) is 16.9 Å². The van der Waals surface area contributed by atoms with Crippen LogP contribution in [-0.2, 0) is 6.54 Å². The number of hydrogen-bond acceptors (Lipinski definition) is 7. The second kappa shape index (κ2) is 9.22. The fraction of sp³-hybridized carbons (Fsp3) is 0.304. The van der Waals surface area contributed by atoms with Crippen LogP contribution < -0.4 is 16.4 Å². The van der Waals surface area contributed by atoms with E-state index in [0.29, 0.717) is 30.5 Å². The summed E-state index contributed by atoms with van der Waals surface area (Å²) in [6, 6.07) is 14.9. The molecule has 0 saturated heterocycles. The van der Waals surface area contributed by atoms with Gasteiger partial charge in [-0.2, -0.15) is 19.6 Å². The number of nitrogens with zero attached hydrogens (tertiary/aromatic N) is 5. The number of hydrogen-bond donors (Lipinski definition) is 3. The molecule has 1 fully saturated rings. The smallest absolute Gasteiger partial charge is 0.229 e. The Bertz CT molecular complexity index is 1180. The van der Waals surface area contributed by atoms with E-state index in [0.717, 1.165) is 52.6 Å². The highest BCUT2D eigenvalue weighted by Gasteiger charge is 2.20. The largest absolute Gasteiger partial charge is 0.351 e. The van der Waals surface area contributed by atoms with Gasteiger partial charge in [-0.05, 0) is 59.3 Å². The zero-order valence-electron chi connectivity index (χ0n) is 17.6. The van der Waals surface area contributed by atoms with Crippen molar-refractivity contribution in [1.82, 2.24) is 24.6 Å². The molecule has 5 rings (SSSR count). The first-order valence-corrected chi connectivity index (χ1v) is 11.6. The predicted octanol–water partition coefficient (Wildman–Crippen LogP) is 4.24. The number of nitrogens with one attached hydrogen (secondary N) is 2. The lowest BCUT2D eigenvalue weighted by Crippen LogP contribution is -2.33. The molecule has 3 heterocycles. The number of nitrogens with two attached hydrogens (primary N) is 1. The minimum Gasteiger partial charge on any atom is -0.351 e. The van der Waals surface area contributed by atoms with Crippen LogP contribution in [0.4, 0.5) is 11.9 Å². The van der Waals surface area contributed by atoms with Crippen molar-refractivity contribution in [3.05, 3.63) is 64.9 Å². The van der Waals surface area contributed by atoms with E-state index in [4.69, 9.17) is 10.7 Å². The molecule has 1 saturated carbocycles. The molecular weight excluding hydrogens is 468 g/mol. The Hall–Kier alpha value is -3.04. The van der Waals surface area contributed by atoms with Crippen LogP contribution in [0.2, 0.25) is 0 Å². The Balaban J connectivity index is 1.33. The first kappa shape index (κ1) is 20.8. The molecule has 1 aromatic carbocycles. The van der Waals surface area contributed by atoms with E-state index >= 15 is 0 Å². The van der Waals surface area contributed by atoms with E-state index in [9.17, 15) is 0 Å². The third-order valence-electron chi connectivity index (χ3n) is 5.80. The second-order valence-electron chi connectivity index (χ2n) is 8.12. The summed E-state index contributed by atoms with van der Waals surface area (Å²) in [4.78, 5) is 13.8. The summed E-state index contributed by atoms with van der Waals surface area (Å²) in [6.07, 6.45) is 7.65. The lowest BCUT2D eigenvalue weighted by atomic mass is 9.92. The van der Waals surface area contributed by atoms with Crippen LogP contribution in [0.15, 0.2) is 59.3 Å². The topological polar surface area (TPSA) is 106 Å². The summed E-state index contributed by atoms with van der Waals surface area (Å²) < 4.78 is 2.55. The minimum absolute atomic E-state index is 0.307. The number of fused-ring (bicyclic) bond motifs is 1. The molecule has 8 nitrogen and oxygen atoms in total. The van der Waals surface area contributed by atoms with Gasteiger partial charge in [0.05, 0.1) is 16.4 Å². The van der Waals surface area contributed by atoms with E-state index < -0.39 is 0 Å². The number of rotatable bonds is 6. The van der Waals surface area contributed by atoms with Gasteiger partial charge in [0, 0.05) is 30.4 Å². The average Bonchev–Trinajstić information content (AvgIpc) is 3.21. The van der Waals surface area contributed by atoms with Gasteiger partial charge in [-0.3, -0.25) is 4.98 Å². The van der Waals surface area contributed by atoms with Crippen molar-refractivity contribution < 1.29 is 0 Å². The molecule has 4 N–H and O–H groups in total. The van der Waals surface area contributed by atoms with Gasteiger partial charge in [-0.25, -0.2) is 0 Å². The molecule has 0 spiro atoms. The van der Waals surface area contributed by atoms with Crippen LogP contribution in [0.5, 0.6) is 0 Å². The van der Waals surface area contributed by atoms with Crippen molar-refractivity contribution in [1.29, 1.82) is 0 Å². The molecular formula is C23H25BrN8. The maximum atomic E-state index is 6.04. The third-order valence-corrected chi connectivity index (χ3v) is 6.35. The van der Waals surface area contributed by atoms with Crippen LogP contribution in [0, 0.1) is 0 Å². The number of aromatic nitrogens is 5. The number of benzene rings is 1. The second-order valence-corrected chi connectivity index (χ2v) is 8.97. The van der Waals surface area contributed by atoms with Crippen LogP contribution in [-0.4, -0.2) is 36.6 Å². The van der Waals surface area contributed by atoms with Gasteiger partial charge < -0.3 is 16.4 Å². The maximum Gasteiger partial charge on any atom is 0.229 e. The lowest BCUT2D eigenvalue weighted by molar-refractivity contribution is 0.410. The summed E-state index contributed by atoms with van der Waals surface area (Å²) in [5, 5.41) is 11.3. The molecule has 4 aromatic rings. The monoisotopic (exact) mass is 492 g/mol. The zero-order valence-corrected chi connectivity index (χ0v) is 19.2. The fourth-order valence-electron chi connectivity index (χ4n) is 3.98. The minimum atomic E-state index is 0.307. The maximum absolute atomic E-state index is 6.04. The predicted molar refractivity (Wildman–Crippen MR) is 129 cm³/mol. The Labute approximate surface area is 194 Å². The molecule has 0 aliphatic heterocycles. The molecule has 0 unspecified atom stereocenters. The highest BCUT2D eigenvalue weighted by molar-refractivity contribution is 9.10. The molecule has 0 bridgehead atoms. The van der Waals surface area contributed by atoms with Gasteiger partial charge in [-0.1, -0.05) is 30.3 Å². The van der Waals surface area contributed by atoms with Crippen molar-refractivity contribution in [2.24, 2.45) is 5.73 Å². The summed E-state index contributed by atoms with van der Waals surface area (Å²) in [7, 11) is 0. The quantitative estimate of drug-likeness (QED) is 0.369. The molecule has 9 heteroatoms. The van der Waals surface area contributed by atoms with Crippen molar-refractivity contribution in [3.63, 3.8) is 0 Å². The van der Waals surface area contributed by atoms with Crippen LogP contribution in [0.3, 0.4) is 0 Å². The fourth-order valence-corrected chi connectivity index (χ4v) is 4.33. The normalized spacial score (nSPS) is 18.6. The number of anilines is 2. The Kier molecular flexibility index (Phi) is 6.00. The summed E-state index contributed by atoms with van der Waals surface area (Å²) in [6.45, 7) is 0.615. The van der Waals surface area contributed by atoms with Crippen molar-refractivity contribution in [3.8, 4) is 11.3 Å². The lowest BCUT2D eigenvalue weighted by Gasteiger charge is -2.26. The van der Waals surface area contributed by atoms with Crippen LogP contribution >= 0.6 is 15.9 Å². The van der Waals surface area contributed by atoms with E-state index in [-0.39, 0.29) is 0 Å². The summed E-state index contributed by atoms with van der Waals surface area (Å²) in [5.41, 5.74) is 9.96. The van der Waals surface area contributed by atoms with Crippen LogP contribution in [0.1, 0.15) is 31.2 Å². The molecule has 3 aromatic heterocycles. The van der Waals surface area contributed by atoms with E-state index in [1.165, 1.54) is 0 Å². The first-order valence-electron chi connectivity index (χ1n) is 10.8. The molecule has 0 amide bonds. The highest BCUT2D eigenvalue weighted by atomic mass is 79.9. The molecule has 0 radical (unpaired) electrons. The highest BCUT2D eigenvalue weighted by Crippen LogP contribution is 2.24. The van der Waals surface area contributed by atoms with Gasteiger partial charge in [0.25, 0.3) is 0 Å². The molecule has 32 heavy (non-hydrogen) atoms. The Morgan fingerprint density at radius 2 is 1.84 bits per heavy atom. The summed E-state index contributed by atoms with van der Waals surface area (Å²) in [5.74, 6) is 1.25. The van der Waals surface area contributed by atoms with Crippen molar-refractivity contribution in [2.75, 3.05) is 10.6 Å². The average molecular weight is 493 g/mol. The molecule has 1 aliphatic rings. The Morgan fingerprint density at radius 1 is 1.03 bits per heavy atom. The first-order chi connectivity index (χ1) is 15.7. The molecule has 164 valence electrons. The van der Waals surface area contributed by atoms with E-state index in [1.807, 2.05) is 18.2 Å². The van der Waals surface area contributed by atoms with Crippen molar-refractivity contribution in [2.45, 2.75) is 44.3 Å². The van der Waals surface area contributed by atoms with Gasteiger partial charge in [0.15, 0.2) is 5.65 Å². The third kappa shape index (κ3) is 4.58. The standard InChI is InChI=1S/C23H25BrN8/c24-19-14-28-32-21(19)30-22(29-18-10-8-17(25)9-11-18)31-23(32)27-13-15-4-6-16(7-5-15)20-3-1-2-12-26-20/h1-7,12,14,17-18H,8-11,13,25H2,(H2,27,29,30,31). The van der Waals surface area contributed by atoms with E-state index in [2.05, 4.69) is 65.9 Å². The van der Waals surface area contributed by atoms with Gasteiger partial charge in [0.1, 0.15) is 0 Å². The SMILES string of the molecule is NC1CCC(Nc2nc(NCc3ccc(-c4ccccn4)cc3)n3ncc(Br)c3n2)CC1. The molecule has 1 aliphatic carbocycles. The molecule has 0 atom stereocenters. The van der Waals surface area contributed by atoms with Crippen LogP contribution in [0.25, 0.3) is 16.9 Å². The zero-order chi connectivity index (χ0) is 21.9. The van der Waals surface area contributed by atoms with Gasteiger partial charge in [0.2, 0.25) is 11.9 Å². The number of halogens is 1. The van der Waals surface area contributed by atoms with Crippen molar-refractivity contribution >= 4 is 33.5 Å². The Morgan fingerprint density at radius 3 is 2.59 bits per heavy atom. The summed E-state index contributed by atoms with van der Waals surface area (Å²) >= 11 is 3.54. The van der Waals surface area contributed by atoms with Gasteiger partial charge in [-0.15, -0.1) is 0 Å². The number of pyridine rings is 1.